The van der Waals surface area contributed by atoms with Crippen molar-refractivity contribution in [2.75, 3.05) is 23.1 Å². The third-order valence-electron chi connectivity index (χ3n) is 3.22. The predicted molar refractivity (Wildman–Crippen MR) is 94.8 cm³/mol. The highest BCUT2D eigenvalue weighted by atomic mass is 35.5. The van der Waals surface area contributed by atoms with E-state index >= 15 is 0 Å². The molecule has 0 saturated heterocycles. The van der Waals surface area contributed by atoms with Gasteiger partial charge in [-0.05, 0) is 32.9 Å². The van der Waals surface area contributed by atoms with Crippen LogP contribution in [0.2, 0.25) is 0 Å². The Morgan fingerprint density at radius 3 is 2.59 bits per heavy atom. The number of hydrogen-bond donors (Lipinski definition) is 2. The Morgan fingerprint density at radius 2 is 2.00 bits per heavy atom. The van der Waals surface area contributed by atoms with Crippen molar-refractivity contribution in [2.24, 2.45) is 5.41 Å². The number of carbonyl (C=O) groups is 1. The average Bonchev–Trinajstić information content (AvgIpc) is 2.97. The summed E-state index contributed by atoms with van der Waals surface area (Å²) in [4.78, 5) is 16.6. The molecule has 1 heterocycles. The monoisotopic (exact) mass is 337 g/mol. The van der Waals surface area contributed by atoms with Crippen molar-refractivity contribution in [1.82, 2.24) is 4.98 Å². The lowest BCUT2D eigenvalue weighted by Crippen LogP contribution is -2.32. The number of alkyl halides is 1. The number of benzene rings is 1. The summed E-state index contributed by atoms with van der Waals surface area (Å²) in [5.41, 5.74) is 2.12. The Morgan fingerprint density at radius 1 is 1.32 bits per heavy atom. The van der Waals surface area contributed by atoms with Crippen LogP contribution in [0.5, 0.6) is 0 Å². The predicted octanol–water partition coefficient (Wildman–Crippen LogP) is 4.45. The molecule has 0 aliphatic heterocycles. The molecule has 0 unspecified atom stereocenters. The van der Waals surface area contributed by atoms with Crippen molar-refractivity contribution in [3.8, 4) is 11.3 Å². The van der Waals surface area contributed by atoms with Gasteiger partial charge in [-0.3, -0.25) is 4.79 Å². The quantitative estimate of drug-likeness (QED) is 0.766. The fourth-order valence-corrected chi connectivity index (χ4v) is 2.64. The first-order chi connectivity index (χ1) is 10.5. The molecule has 0 radical (unpaired) electrons. The minimum atomic E-state index is -0.587. The van der Waals surface area contributed by atoms with Crippen LogP contribution in [0.25, 0.3) is 11.3 Å². The molecule has 4 nitrogen and oxygen atoms in total. The van der Waals surface area contributed by atoms with Crippen LogP contribution in [-0.4, -0.2) is 23.3 Å². The van der Waals surface area contributed by atoms with Gasteiger partial charge in [0.25, 0.3) is 0 Å². The molecular weight excluding hydrogens is 318 g/mol. The van der Waals surface area contributed by atoms with Gasteiger partial charge in [0.1, 0.15) is 0 Å². The Labute approximate surface area is 139 Å². The molecule has 2 rings (SSSR count). The number of carbonyl (C=O) groups excluding carboxylic acids is 1. The van der Waals surface area contributed by atoms with Crippen LogP contribution >= 0.6 is 22.9 Å². The molecule has 118 valence electrons. The molecule has 0 aliphatic rings. The van der Waals surface area contributed by atoms with E-state index in [0.717, 1.165) is 28.6 Å². The van der Waals surface area contributed by atoms with Crippen molar-refractivity contribution in [1.29, 1.82) is 0 Å². The fraction of sp³-hybridized carbons (Fsp3) is 0.375. The number of halogens is 1. The summed E-state index contributed by atoms with van der Waals surface area (Å²) in [5.74, 6) is 0.196. The lowest BCUT2D eigenvalue weighted by atomic mass is 9.95. The van der Waals surface area contributed by atoms with Crippen LogP contribution in [0.15, 0.2) is 29.6 Å². The zero-order chi connectivity index (χ0) is 16.2. The van der Waals surface area contributed by atoms with Gasteiger partial charge >= 0.3 is 0 Å². The van der Waals surface area contributed by atoms with Crippen molar-refractivity contribution in [3.05, 3.63) is 29.6 Å². The molecule has 22 heavy (non-hydrogen) atoms. The van der Waals surface area contributed by atoms with Crippen molar-refractivity contribution in [3.63, 3.8) is 0 Å². The Balaban J connectivity index is 2.08. The first-order valence-electron chi connectivity index (χ1n) is 7.13. The molecule has 6 heteroatoms. The molecule has 0 bridgehead atoms. The van der Waals surface area contributed by atoms with E-state index in [2.05, 4.69) is 15.6 Å². The molecule has 1 aromatic carbocycles. The Bertz CT molecular complexity index is 637. The summed E-state index contributed by atoms with van der Waals surface area (Å²) in [6, 6.07) is 7.66. The molecule has 0 atom stereocenters. The fourth-order valence-electron chi connectivity index (χ4n) is 1.72. The maximum Gasteiger partial charge on any atom is 0.231 e. The van der Waals surface area contributed by atoms with E-state index < -0.39 is 5.41 Å². The van der Waals surface area contributed by atoms with Gasteiger partial charge in [0.2, 0.25) is 5.91 Å². The number of nitrogens with zero attached hydrogens (tertiary/aromatic N) is 1. The normalized spacial score (nSPS) is 11.3. The zero-order valence-electron chi connectivity index (χ0n) is 12.9. The van der Waals surface area contributed by atoms with E-state index in [9.17, 15) is 4.79 Å². The van der Waals surface area contributed by atoms with E-state index in [1.165, 1.54) is 0 Å². The van der Waals surface area contributed by atoms with Crippen molar-refractivity contribution in [2.45, 2.75) is 20.8 Å². The van der Waals surface area contributed by atoms with Gasteiger partial charge in [0, 0.05) is 29.1 Å². The van der Waals surface area contributed by atoms with Crippen molar-refractivity contribution >= 4 is 39.7 Å². The molecule has 0 saturated carbocycles. The molecule has 0 spiro atoms. The maximum absolute atomic E-state index is 12.1. The summed E-state index contributed by atoms with van der Waals surface area (Å²) in [5, 5.41) is 9.01. The van der Waals surface area contributed by atoms with Crippen LogP contribution in [0.3, 0.4) is 0 Å². The average molecular weight is 338 g/mol. The minimum Gasteiger partial charge on any atom is -0.362 e. The highest BCUT2D eigenvalue weighted by Crippen LogP contribution is 2.26. The number of amides is 1. The summed E-state index contributed by atoms with van der Waals surface area (Å²) >= 11 is 7.40. The Kier molecular flexibility index (Phi) is 5.42. The van der Waals surface area contributed by atoms with E-state index in [1.807, 2.05) is 50.4 Å². The molecule has 0 aliphatic carbocycles. The van der Waals surface area contributed by atoms with Crippen LogP contribution in [0.1, 0.15) is 20.8 Å². The van der Waals surface area contributed by atoms with Crippen LogP contribution in [-0.2, 0) is 4.79 Å². The van der Waals surface area contributed by atoms with Crippen LogP contribution < -0.4 is 10.6 Å². The summed E-state index contributed by atoms with van der Waals surface area (Å²) in [6.07, 6.45) is 0. The number of thiazole rings is 1. The number of anilines is 2. The minimum absolute atomic E-state index is 0.0849. The SMILES string of the molecule is CCNc1nc(-c2ccc(NC(=O)C(C)(C)CCl)cc2)cs1. The second-order valence-electron chi connectivity index (χ2n) is 5.62. The first kappa shape index (κ1) is 16.8. The third kappa shape index (κ3) is 3.99. The molecular formula is C16H20ClN3OS. The van der Waals surface area contributed by atoms with Gasteiger partial charge in [-0.2, -0.15) is 0 Å². The second kappa shape index (κ2) is 7.11. The standard InChI is InChI=1S/C16H20ClN3OS/c1-4-18-15-20-13(9-22-15)11-5-7-12(8-6-11)19-14(21)16(2,3)10-17/h5-9H,4,10H2,1-3H3,(H,18,20)(H,19,21). The van der Waals surface area contributed by atoms with E-state index in [1.54, 1.807) is 11.3 Å². The smallest absolute Gasteiger partial charge is 0.231 e. The molecule has 2 N–H and O–H groups in total. The number of hydrogen-bond acceptors (Lipinski definition) is 4. The van der Waals surface area contributed by atoms with Gasteiger partial charge in [0.15, 0.2) is 5.13 Å². The highest BCUT2D eigenvalue weighted by molar-refractivity contribution is 7.14. The molecule has 1 amide bonds. The molecule has 0 fully saturated rings. The third-order valence-corrected chi connectivity index (χ3v) is 4.69. The maximum atomic E-state index is 12.1. The van der Waals surface area contributed by atoms with Gasteiger partial charge in [-0.25, -0.2) is 4.98 Å². The largest absolute Gasteiger partial charge is 0.362 e. The van der Waals surface area contributed by atoms with Gasteiger partial charge < -0.3 is 10.6 Å². The molecule has 2 aromatic rings. The van der Waals surface area contributed by atoms with Crippen LogP contribution in [0, 0.1) is 5.41 Å². The summed E-state index contributed by atoms with van der Waals surface area (Å²) < 4.78 is 0. The Hall–Kier alpha value is -1.59. The van der Waals surface area contributed by atoms with Crippen LogP contribution in [0.4, 0.5) is 10.8 Å². The number of aromatic nitrogens is 1. The molecule has 1 aromatic heterocycles. The topological polar surface area (TPSA) is 54.0 Å². The summed E-state index contributed by atoms with van der Waals surface area (Å²) in [6.45, 7) is 6.54. The van der Waals surface area contributed by atoms with E-state index in [-0.39, 0.29) is 11.8 Å². The van der Waals surface area contributed by atoms with Gasteiger partial charge in [-0.1, -0.05) is 12.1 Å². The van der Waals surface area contributed by atoms with Gasteiger partial charge in [-0.15, -0.1) is 22.9 Å². The van der Waals surface area contributed by atoms with E-state index in [0.29, 0.717) is 0 Å². The second-order valence-corrected chi connectivity index (χ2v) is 6.74. The number of nitrogens with one attached hydrogen (secondary N) is 2. The first-order valence-corrected chi connectivity index (χ1v) is 8.55. The lowest BCUT2D eigenvalue weighted by molar-refractivity contribution is -0.122. The van der Waals surface area contributed by atoms with Gasteiger partial charge in [0.05, 0.1) is 11.1 Å². The van der Waals surface area contributed by atoms with E-state index in [4.69, 9.17) is 11.6 Å². The highest BCUT2D eigenvalue weighted by Gasteiger charge is 2.26. The lowest BCUT2D eigenvalue weighted by Gasteiger charge is -2.20. The zero-order valence-corrected chi connectivity index (χ0v) is 14.5. The van der Waals surface area contributed by atoms with Crippen molar-refractivity contribution < 1.29 is 4.79 Å². The number of rotatable bonds is 6. The summed E-state index contributed by atoms with van der Waals surface area (Å²) in [7, 11) is 0.